The van der Waals surface area contributed by atoms with E-state index in [2.05, 4.69) is 27.7 Å². The molecule has 42 heavy (non-hydrogen) atoms. The van der Waals surface area contributed by atoms with Gasteiger partial charge in [0, 0.05) is 0 Å². The normalized spacial score (nSPS) is 7.57. The first-order valence-electron chi connectivity index (χ1n) is 14.6. The molecule has 0 radical (unpaired) electrons. The summed E-state index contributed by atoms with van der Waals surface area (Å²) >= 11 is 0. The van der Waals surface area contributed by atoms with Crippen molar-refractivity contribution in [2.75, 3.05) is 0 Å². The summed E-state index contributed by atoms with van der Waals surface area (Å²) < 4.78 is 0. The Morgan fingerprint density at radius 1 is 0.286 bits per heavy atom. The van der Waals surface area contributed by atoms with E-state index in [0.29, 0.717) is 11.5 Å². The first kappa shape index (κ1) is 47.5. The van der Waals surface area contributed by atoms with Gasteiger partial charge < -0.3 is 30.6 Å². The number of phenols is 6. The predicted octanol–water partition coefficient (Wildman–Crippen LogP) is 10.9. The molecule has 0 saturated carbocycles. The molecule has 0 aromatic heterocycles. The van der Waals surface area contributed by atoms with Crippen LogP contribution in [0.3, 0.4) is 0 Å². The van der Waals surface area contributed by atoms with Gasteiger partial charge in [0.25, 0.3) is 0 Å². The molecule has 4 aromatic carbocycles. The second-order valence-corrected chi connectivity index (χ2v) is 7.12. The van der Waals surface area contributed by atoms with E-state index in [4.69, 9.17) is 30.6 Å². The monoisotopic (exact) mass is 586 g/mol. The van der Waals surface area contributed by atoms with Crippen molar-refractivity contribution >= 4 is 0 Å². The summed E-state index contributed by atoms with van der Waals surface area (Å²) in [6.45, 7) is 20.5. The summed E-state index contributed by atoms with van der Waals surface area (Å²) in [4.78, 5) is 0. The van der Waals surface area contributed by atoms with Crippen molar-refractivity contribution in [3.05, 3.63) is 109 Å². The molecule has 0 saturated heterocycles. The molecule has 0 bridgehead atoms. The zero-order valence-corrected chi connectivity index (χ0v) is 27.5. The molecule has 6 N–H and O–H groups in total. The zero-order valence-electron chi connectivity index (χ0n) is 27.5. The maximum absolute atomic E-state index is 8.65. The predicted molar refractivity (Wildman–Crippen MR) is 182 cm³/mol. The number of hydrogen-bond acceptors (Lipinski definition) is 6. The standard InChI is InChI=1S/2C6H6O2.2C6H6O.2C3H8.3C2H6/c2*7-5-1-2-6(8)4-3-5;2*7-6-4-2-1-3-5-6;2*1-3-2;3*1-2/h2*1-4,7-8H;2*1-5,7H;2*3H2,1-2H3;3*1-2H3. The summed E-state index contributed by atoms with van der Waals surface area (Å²) in [5, 5.41) is 51.8. The van der Waals surface area contributed by atoms with Gasteiger partial charge in [0.2, 0.25) is 0 Å². The van der Waals surface area contributed by atoms with Crippen LogP contribution in [0.1, 0.15) is 82.1 Å². The van der Waals surface area contributed by atoms with E-state index in [1.807, 2.05) is 53.7 Å². The Balaban J connectivity index is -0.000000129. The van der Waals surface area contributed by atoms with E-state index >= 15 is 0 Å². The van der Waals surface area contributed by atoms with Crippen LogP contribution in [-0.2, 0) is 0 Å². The van der Waals surface area contributed by atoms with Crippen molar-refractivity contribution < 1.29 is 30.6 Å². The molecule has 0 aliphatic rings. The van der Waals surface area contributed by atoms with Crippen LogP contribution in [0, 0.1) is 0 Å². The molecule has 0 heterocycles. The highest BCUT2D eigenvalue weighted by Crippen LogP contribution is 2.13. The van der Waals surface area contributed by atoms with Crippen molar-refractivity contribution in [3.8, 4) is 34.5 Å². The Morgan fingerprint density at radius 2 is 0.405 bits per heavy atom. The third-order valence-corrected chi connectivity index (χ3v) is 3.21. The Labute approximate surface area is 256 Å². The molecule has 4 aromatic rings. The van der Waals surface area contributed by atoms with Crippen LogP contribution >= 0.6 is 0 Å². The van der Waals surface area contributed by atoms with Crippen LogP contribution in [0.15, 0.2) is 109 Å². The molecule has 0 atom stereocenters. The van der Waals surface area contributed by atoms with Crippen LogP contribution in [-0.4, -0.2) is 30.6 Å². The number of phenolic OH excluding ortho intramolecular Hbond substituents is 6. The van der Waals surface area contributed by atoms with Gasteiger partial charge in [-0.2, -0.15) is 0 Å². The van der Waals surface area contributed by atoms with Crippen LogP contribution in [0.5, 0.6) is 34.5 Å². The number of rotatable bonds is 0. The lowest BCUT2D eigenvalue weighted by atomic mass is 10.3. The van der Waals surface area contributed by atoms with Crippen molar-refractivity contribution in [1.82, 2.24) is 0 Å². The van der Waals surface area contributed by atoms with Gasteiger partial charge >= 0.3 is 0 Å². The smallest absolute Gasteiger partial charge is 0.115 e. The zero-order chi connectivity index (χ0) is 33.6. The summed E-state index contributed by atoms with van der Waals surface area (Å²) in [7, 11) is 0. The molecule has 4 rings (SSSR count). The molecule has 0 unspecified atom stereocenters. The van der Waals surface area contributed by atoms with Gasteiger partial charge in [0.15, 0.2) is 0 Å². The molecule has 0 spiro atoms. The van der Waals surface area contributed by atoms with Gasteiger partial charge in [0.05, 0.1) is 0 Å². The largest absolute Gasteiger partial charge is 0.508 e. The first-order valence-corrected chi connectivity index (χ1v) is 14.6. The van der Waals surface area contributed by atoms with Crippen LogP contribution < -0.4 is 0 Å². The van der Waals surface area contributed by atoms with Crippen molar-refractivity contribution in [3.63, 3.8) is 0 Å². The van der Waals surface area contributed by atoms with Crippen LogP contribution in [0.2, 0.25) is 0 Å². The molecule has 238 valence electrons. The third-order valence-electron chi connectivity index (χ3n) is 3.21. The van der Waals surface area contributed by atoms with Crippen LogP contribution in [0.4, 0.5) is 0 Å². The van der Waals surface area contributed by atoms with Gasteiger partial charge in [0.1, 0.15) is 34.5 Å². The number of benzene rings is 4. The minimum Gasteiger partial charge on any atom is -0.508 e. The van der Waals surface area contributed by atoms with Gasteiger partial charge in [-0.05, 0) is 72.8 Å². The second-order valence-electron chi connectivity index (χ2n) is 7.12. The average molecular weight is 587 g/mol. The fourth-order valence-corrected chi connectivity index (χ4v) is 1.76. The van der Waals surface area contributed by atoms with Gasteiger partial charge in [-0.3, -0.25) is 0 Å². The highest BCUT2D eigenvalue weighted by Gasteiger charge is 1.85. The van der Waals surface area contributed by atoms with Gasteiger partial charge in [-0.1, -0.05) is 118 Å². The lowest BCUT2D eigenvalue weighted by molar-refractivity contribution is 0.460. The van der Waals surface area contributed by atoms with Crippen molar-refractivity contribution in [2.45, 2.75) is 82.1 Å². The highest BCUT2D eigenvalue weighted by atomic mass is 16.3. The number of para-hydroxylation sites is 2. The number of aromatic hydroxyl groups is 6. The minimum absolute atomic E-state index is 0.169. The molecule has 6 nitrogen and oxygen atoms in total. The molecular weight excluding hydrogens is 528 g/mol. The fourth-order valence-electron chi connectivity index (χ4n) is 1.76. The van der Waals surface area contributed by atoms with Gasteiger partial charge in [-0.15, -0.1) is 0 Å². The molecule has 0 aliphatic heterocycles. The van der Waals surface area contributed by atoms with E-state index in [0.717, 1.165) is 0 Å². The summed E-state index contributed by atoms with van der Waals surface area (Å²) in [6, 6.07) is 28.8. The van der Waals surface area contributed by atoms with E-state index in [9.17, 15) is 0 Å². The van der Waals surface area contributed by atoms with E-state index in [1.165, 1.54) is 61.4 Å². The van der Waals surface area contributed by atoms with Crippen molar-refractivity contribution in [1.29, 1.82) is 0 Å². The first-order chi connectivity index (χ1) is 20.2. The van der Waals surface area contributed by atoms with E-state index in [1.54, 1.807) is 48.5 Å². The quantitative estimate of drug-likeness (QED) is 0.114. The topological polar surface area (TPSA) is 121 Å². The Morgan fingerprint density at radius 3 is 0.500 bits per heavy atom. The summed E-state index contributed by atoms with van der Waals surface area (Å²) in [5.41, 5.74) is 0. The Kier molecular flexibility index (Phi) is 46.5. The van der Waals surface area contributed by atoms with Crippen LogP contribution in [0.25, 0.3) is 0 Å². The number of hydrogen-bond donors (Lipinski definition) is 6. The third kappa shape index (κ3) is 42.8. The lowest BCUT2D eigenvalue weighted by Gasteiger charge is -1.88. The molecule has 0 aliphatic carbocycles. The average Bonchev–Trinajstić information content (AvgIpc) is 3.02. The SMILES string of the molecule is CC.CC.CC.CCC.CCC.Oc1ccc(O)cc1.Oc1ccc(O)cc1.Oc1ccccc1.Oc1ccccc1. The summed E-state index contributed by atoms with van der Waals surface area (Å²) in [6.07, 6.45) is 2.50. The summed E-state index contributed by atoms with van der Waals surface area (Å²) in [5.74, 6) is 1.32. The second kappa shape index (κ2) is 41.2. The van der Waals surface area contributed by atoms with Gasteiger partial charge in [-0.25, -0.2) is 0 Å². The maximum Gasteiger partial charge on any atom is 0.115 e. The Hall–Kier alpha value is -4.32. The minimum atomic E-state index is 0.169. The molecule has 0 fully saturated rings. The Bertz CT molecular complexity index is 834. The van der Waals surface area contributed by atoms with E-state index < -0.39 is 0 Å². The lowest BCUT2D eigenvalue weighted by Crippen LogP contribution is -1.61. The fraction of sp³-hybridized carbons (Fsp3) is 0.333. The maximum atomic E-state index is 8.65. The molecular formula is C36H58O6. The van der Waals surface area contributed by atoms with E-state index in [-0.39, 0.29) is 23.0 Å². The highest BCUT2D eigenvalue weighted by molar-refractivity contribution is 5.29. The molecule has 6 heteroatoms. The molecule has 0 amide bonds. The van der Waals surface area contributed by atoms with Crippen molar-refractivity contribution in [2.24, 2.45) is 0 Å².